The van der Waals surface area contributed by atoms with Crippen LogP contribution in [-0.4, -0.2) is 32.4 Å². The molecule has 0 saturated carbocycles. The third-order valence-corrected chi connectivity index (χ3v) is 3.88. The maximum absolute atomic E-state index is 12.3. The number of rotatable bonds is 5. The number of nitrogens with zero attached hydrogens (tertiary/aromatic N) is 4. The summed E-state index contributed by atoms with van der Waals surface area (Å²) in [6.07, 6.45) is 7.60. The van der Waals surface area contributed by atoms with Crippen LogP contribution in [0.2, 0.25) is 0 Å². The first-order chi connectivity index (χ1) is 12.1. The third kappa shape index (κ3) is 4.03. The van der Waals surface area contributed by atoms with Gasteiger partial charge in [0.2, 0.25) is 0 Å². The first-order valence-electron chi connectivity index (χ1n) is 8.08. The van der Waals surface area contributed by atoms with Crippen molar-refractivity contribution in [1.82, 2.24) is 25.3 Å². The van der Waals surface area contributed by atoms with Gasteiger partial charge in [-0.05, 0) is 43.7 Å². The van der Waals surface area contributed by atoms with Gasteiger partial charge in [-0.1, -0.05) is 0 Å². The van der Waals surface area contributed by atoms with Gasteiger partial charge in [-0.2, -0.15) is 0 Å². The van der Waals surface area contributed by atoms with Gasteiger partial charge in [-0.3, -0.25) is 14.8 Å². The van der Waals surface area contributed by atoms with Gasteiger partial charge in [0.15, 0.2) is 0 Å². The summed E-state index contributed by atoms with van der Waals surface area (Å²) in [5.74, 6) is 0.587. The number of hydrogen-bond donors (Lipinski definition) is 1. The zero-order valence-electron chi connectivity index (χ0n) is 14.2. The van der Waals surface area contributed by atoms with Crippen molar-refractivity contribution in [2.45, 2.75) is 20.3 Å². The summed E-state index contributed by atoms with van der Waals surface area (Å²) < 4.78 is 0. The van der Waals surface area contributed by atoms with E-state index in [1.54, 1.807) is 30.7 Å². The summed E-state index contributed by atoms with van der Waals surface area (Å²) in [7, 11) is 0. The van der Waals surface area contributed by atoms with Gasteiger partial charge >= 0.3 is 0 Å². The quantitative estimate of drug-likeness (QED) is 0.776. The number of hydrogen-bond acceptors (Lipinski definition) is 5. The fourth-order valence-corrected chi connectivity index (χ4v) is 2.59. The molecule has 0 saturated heterocycles. The molecule has 0 fully saturated rings. The van der Waals surface area contributed by atoms with Gasteiger partial charge in [0.05, 0.1) is 11.3 Å². The van der Waals surface area contributed by atoms with E-state index >= 15 is 0 Å². The molecule has 0 spiro atoms. The molecular formula is C19H19N5O. The van der Waals surface area contributed by atoms with Crippen molar-refractivity contribution in [1.29, 1.82) is 0 Å². The van der Waals surface area contributed by atoms with Crippen LogP contribution in [0.4, 0.5) is 0 Å². The molecule has 0 aliphatic rings. The van der Waals surface area contributed by atoms with Crippen LogP contribution in [0.5, 0.6) is 0 Å². The molecule has 0 radical (unpaired) electrons. The average Bonchev–Trinajstić information content (AvgIpc) is 2.63. The van der Waals surface area contributed by atoms with E-state index < -0.39 is 0 Å². The lowest BCUT2D eigenvalue weighted by atomic mass is 10.1. The minimum Gasteiger partial charge on any atom is -0.352 e. The van der Waals surface area contributed by atoms with Crippen molar-refractivity contribution in [2.24, 2.45) is 0 Å². The Kier molecular flexibility index (Phi) is 5.09. The Labute approximate surface area is 146 Å². The monoisotopic (exact) mass is 333 g/mol. The predicted octanol–water partition coefficient (Wildman–Crippen LogP) is 2.52. The predicted molar refractivity (Wildman–Crippen MR) is 95.0 cm³/mol. The van der Waals surface area contributed by atoms with Crippen molar-refractivity contribution in [3.63, 3.8) is 0 Å². The standard InChI is InChI=1S/C19H19N5O/c1-13-16(4-3-8-21-13)19(25)22-11-7-18-17(12-23-14(2)24-18)15-5-9-20-10-6-15/h3-6,8-10,12H,7,11H2,1-2H3,(H,22,25). The van der Waals surface area contributed by atoms with Crippen molar-refractivity contribution < 1.29 is 4.79 Å². The third-order valence-electron chi connectivity index (χ3n) is 3.88. The number of aromatic nitrogens is 4. The van der Waals surface area contributed by atoms with E-state index in [2.05, 4.69) is 25.3 Å². The summed E-state index contributed by atoms with van der Waals surface area (Å²) >= 11 is 0. The van der Waals surface area contributed by atoms with E-state index in [0.29, 0.717) is 24.4 Å². The number of carbonyl (C=O) groups excluding carboxylic acids is 1. The number of nitrogens with one attached hydrogen (secondary N) is 1. The Morgan fingerprint density at radius 2 is 1.88 bits per heavy atom. The first kappa shape index (κ1) is 16.7. The van der Waals surface area contributed by atoms with Crippen LogP contribution < -0.4 is 5.32 Å². The highest BCUT2D eigenvalue weighted by Gasteiger charge is 2.11. The van der Waals surface area contributed by atoms with Crippen molar-refractivity contribution in [3.05, 3.63) is 71.8 Å². The molecule has 25 heavy (non-hydrogen) atoms. The summed E-state index contributed by atoms with van der Waals surface area (Å²) in [6, 6.07) is 7.39. The molecule has 3 aromatic rings. The summed E-state index contributed by atoms with van der Waals surface area (Å²) in [5.41, 5.74) is 4.19. The van der Waals surface area contributed by atoms with Crippen LogP contribution in [0.1, 0.15) is 27.6 Å². The van der Waals surface area contributed by atoms with E-state index in [-0.39, 0.29) is 5.91 Å². The van der Waals surface area contributed by atoms with Crippen LogP contribution in [0.3, 0.4) is 0 Å². The minimum absolute atomic E-state index is 0.123. The number of aryl methyl sites for hydroxylation is 2. The molecule has 1 amide bonds. The molecule has 6 heteroatoms. The Morgan fingerprint density at radius 3 is 2.64 bits per heavy atom. The lowest BCUT2D eigenvalue weighted by Gasteiger charge is -2.10. The van der Waals surface area contributed by atoms with Crippen molar-refractivity contribution in [2.75, 3.05) is 6.54 Å². The summed E-state index contributed by atoms with van der Waals surface area (Å²) in [4.78, 5) is 29.3. The van der Waals surface area contributed by atoms with E-state index in [0.717, 1.165) is 22.5 Å². The highest BCUT2D eigenvalue weighted by Crippen LogP contribution is 2.21. The Balaban J connectivity index is 1.72. The highest BCUT2D eigenvalue weighted by molar-refractivity contribution is 5.95. The topological polar surface area (TPSA) is 80.7 Å². The fourth-order valence-electron chi connectivity index (χ4n) is 2.59. The number of pyridine rings is 2. The Morgan fingerprint density at radius 1 is 1.08 bits per heavy atom. The molecule has 0 bridgehead atoms. The summed E-state index contributed by atoms with van der Waals surface area (Å²) in [5, 5.41) is 2.93. The molecule has 0 aromatic carbocycles. The molecule has 0 unspecified atom stereocenters. The second kappa shape index (κ2) is 7.61. The van der Waals surface area contributed by atoms with Crippen LogP contribution in [-0.2, 0) is 6.42 Å². The maximum atomic E-state index is 12.3. The van der Waals surface area contributed by atoms with Crippen molar-refractivity contribution in [3.8, 4) is 11.1 Å². The Hall–Kier alpha value is -3.15. The molecular weight excluding hydrogens is 314 g/mol. The molecule has 0 aliphatic heterocycles. The fraction of sp³-hybridized carbons (Fsp3) is 0.211. The summed E-state index contributed by atoms with van der Waals surface area (Å²) in [6.45, 7) is 4.17. The minimum atomic E-state index is -0.123. The van der Waals surface area contributed by atoms with Crippen LogP contribution in [0.25, 0.3) is 11.1 Å². The van der Waals surface area contributed by atoms with E-state index in [4.69, 9.17) is 0 Å². The molecule has 1 N–H and O–H groups in total. The molecule has 6 nitrogen and oxygen atoms in total. The molecule has 3 rings (SSSR count). The molecule has 0 aliphatic carbocycles. The molecule has 3 heterocycles. The smallest absolute Gasteiger partial charge is 0.253 e. The zero-order valence-corrected chi connectivity index (χ0v) is 14.2. The van der Waals surface area contributed by atoms with Crippen LogP contribution >= 0.6 is 0 Å². The van der Waals surface area contributed by atoms with E-state index in [1.165, 1.54) is 0 Å². The van der Waals surface area contributed by atoms with Gasteiger partial charge in [0, 0.05) is 49.0 Å². The normalized spacial score (nSPS) is 10.5. The van der Waals surface area contributed by atoms with Crippen LogP contribution in [0, 0.1) is 13.8 Å². The molecule has 3 aromatic heterocycles. The largest absolute Gasteiger partial charge is 0.352 e. The SMILES string of the molecule is Cc1ncc(-c2ccncc2)c(CCNC(=O)c2cccnc2C)n1. The number of amides is 1. The molecule has 126 valence electrons. The maximum Gasteiger partial charge on any atom is 0.253 e. The number of carbonyl (C=O) groups is 1. The lowest BCUT2D eigenvalue weighted by Crippen LogP contribution is -2.27. The molecule has 0 atom stereocenters. The van der Waals surface area contributed by atoms with Crippen molar-refractivity contribution >= 4 is 5.91 Å². The Bertz CT molecular complexity index is 880. The van der Waals surface area contributed by atoms with Gasteiger partial charge in [0.25, 0.3) is 5.91 Å². The zero-order chi connectivity index (χ0) is 17.6. The first-order valence-corrected chi connectivity index (χ1v) is 8.08. The van der Waals surface area contributed by atoms with E-state index in [9.17, 15) is 4.79 Å². The average molecular weight is 333 g/mol. The van der Waals surface area contributed by atoms with Gasteiger partial charge in [-0.15, -0.1) is 0 Å². The van der Waals surface area contributed by atoms with E-state index in [1.807, 2.05) is 32.2 Å². The van der Waals surface area contributed by atoms with Crippen LogP contribution in [0.15, 0.2) is 49.1 Å². The second-order valence-corrected chi connectivity index (χ2v) is 5.66. The highest BCUT2D eigenvalue weighted by atomic mass is 16.1. The lowest BCUT2D eigenvalue weighted by molar-refractivity contribution is 0.0953. The van der Waals surface area contributed by atoms with Gasteiger partial charge in [-0.25, -0.2) is 9.97 Å². The van der Waals surface area contributed by atoms with Gasteiger partial charge < -0.3 is 5.32 Å². The second-order valence-electron chi connectivity index (χ2n) is 5.66. The van der Waals surface area contributed by atoms with Gasteiger partial charge in [0.1, 0.15) is 5.82 Å².